The Bertz CT molecular complexity index is 779. The van der Waals surface area contributed by atoms with E-state index in [4.69, 9.17) is 4.74 Å². The number of hydrogen-bond acceptors (Lipinski definition) is 4. The van der Waals surface area contributed by atoms with Gasteiger partial charge in [-0.25, -0.2) is 0 Å². The Hall–Kier alpha value is -2.70. The summed E-state index contributed by atoms with van der Waals surface area (Å²) in [7, 11) is 1.47. The number of anilines is 2. The van der Waals surface area contributed by atoms with Gasteiger partial charge in [0.1, 0.15) is 6.61 Å². The van der Waals surface area contributed by atoms with Gasteiger partial charge in [-0.2, -0.15) is 0 Å². The highest BCUT2D eigenvalue weighted by Gasteiger charge is 2.30. The summed E-state index contributed by atoms with van der Waals surface area (Å²) < 4.78 is 4.81. The number of methoxy groups -OCH3 is 1. The molecule has 1 saturated heterocycles. The van der Waals surface area contributed by atoms with Crippen molar-refractivity contribution in [1.82, 2.24) is 4.90 Å². The summed E-state index contributed by atoms with van der Waals surface area (Å²) in [5.74, 6) is -0.241. The molecular formula is C21H25N3O3. The summed E-state index contributed by atoms with van der Waals surface area (Å²) in [6, 6.07) is 17.2. The van der Waals surface area contributed by atoms with E-state index in [9.17, 15) is 9.59 Å². The third-order valence-corrected chi connectivity index (χ3v) is 4.58. The van der Waals surface area contributed by atoms with Crippen LogP contribution in [0.1, 0.15) is 18.4 Å². The lowest BCUT2D eigenvalue weighted by molar-refractivity contribution is -0.120. The SMILES string of the molecule is COCC(=O)Nc1cccc(NC(=O)C2CCCN2Cc2ccccc2)c1. The van der Waals surface area contributed by atoms with Crippen molar-refractivity contribution in [2.24, 2.45) is 0 Å². The maximum Gasteiger partial charge on any atom is 0.250 e. The molecule has 2 amide bonds. The van der Waals surface area contributed by atoms with Gasteiger partial charge in [-0.15, -0.1) is 0 Å². The van der Waals surface area contributed by atoms with Crippen LogP contribution < -0.4 is 10.6 Å². The van der Waals surface area contributed by atoms with Crippen LogP contribution in [0.4, 0.5) is 11.4 Å². The minimum absolute atomic E-state index is 0.00684. The molecule has 1 aliphatic heterocycles. The Morgan fingerprint density at radius 1 is 1.07 bits per heavy atom. The number of benzene rings is 2. The largest absolute Gasteiger partial charge is 0.375 e. The first-order valence-corrected chi connectivity index (χ1v) is 9.13. The lowest BCUT2D eigenvalue weighted by Gasteiger charge is -2.23. The molecule has 1 fully saturated rings. The van der Waals surface area contributed by atoms with Crippen molar-refractivity contribution in [2.75, 3.05) is 30.9 Å². The Labute approximate surface area is 159 Å². The summed E-state index contributed by atoms with van der Waals surface area (Å²) in [5.41, 5.74) is 2.50. The number of amides is 2. The summed E-state index contributed by atoms with van der Waals surface area (Å²) in [6.07, 6.45) is 1.86. The van der Waals surface area contributed by atoms with Crippen LogP contribution in [0, 0.1) is 0 Å². The Morgan fingerprint density at radius 2 is 1.81 bits per heavy atom. The zero-order chi connectivity index (χ0) is 19.1. The molecular weight excluding hydrogens is 342 g/mol. The number of nitrogens with zero attached hydrogens (tertiary/aromatic N) is 1. The molecule has 2 aromatic carbocycles. The smallest absolute Gasteiger partial charge is 0.250 e. The molecule has 142 valence electrons. The van der Waals surface area contributed by atoms with Crippen molar-refractivity contribution >= 4 is 23.2 Å². The van der Waals surface area contributed by atoms with E-state index in [1.54, 1.807) is 18.2 Å². The maximum absolute atomic E-state index is 12.8. The van der Waals surface area contributed by atoms with Gasteiger partial charge >= 0.3 is 0 Å². The van der Waals surface area contributed by atoms with Crippen LogP contribution in [-0.4, -0.2) is 43.0 Å². The van der Waals surface area contributed by atoms with E-state index in [0.29, 0.717) is 11.4 Å². The molecule has 1 unspecified atom stereocenters. The van der Waals surface area contributed by atoms with Crippen LogP contribution in [0.5, 0.6) is 0 Å². The van der Waals surface area contributed by atoms with Crippen LogP contribution in [-0.2, 0) is 20.9 Å². The minimum Gasteiger partial charge on any atom is -0.375 e. The zero-order valence-corrected chi connectivity index (χ0v) is 15.5. The number of likely N-dealkylation sites (tertiary alicyclic amines) is 1. The average molecular weight is 367 g/mol. The normalized spacial score (nSPS) is 16.9. The Morgan fingerprint density at radius 3 is 2.56 bits per heavy atom. The van der Waals surface area contributed by atoms with Gasteiger partial charge < -0.3 is 15.4 Å². The van der Waals surface area contributed by atoms with E-state index < -0.39 is 0 Å². The van der Waals surface area contributed by atoms with Crippen molar-refractivity contribution < 1.29 is 14.3 Å². The van der Waals surface area contributed by atoms with Crippen molar-refractivity contribution in [3.63, 3.8) is 0 Å². The quantitative estimate of drug-likeness (QED) is 0.789. The molecule has 3 rings (SSSR count). The lowest BCUT2D eigenvalue weighted by Crippen LogP contribution is -2.39. The highest BCUT2D eigenvalue weighted by atomic mass is 16.5. The van der Waals surface area contributed by atoms with Gasteiger partial charge in [0.05, 0.1) is 6.04 Å². The van der Waals surface area contributed by atoms with E-state index in [1.807, 2.05) is 24.3 Å². The van der Waals surface area contributed by atoms with E-state index in [-0.39, 0.29) is 24.5 Å². The van der Waals surface area contributed by atoms with Crippen LogP contribution in [0.15, 0.2) is 54.6 Å². The fraction of sp³-hybridized carbons (Fsp3) is 0.333. The fourth-order valence-corrected chi connectivity index (χ4v) is 3.36. The topological polar surface area (TPSA) is 70.7 Å². The fourth-order valence-electron chi connectivity index (χ4n) is 3.36. The molecule has 1 aliphatic rings. The van der Waals surface area contributed by atoms with E-state index >= 15 is 0 Å². The highest BCUT2D eigenvalue weighted by Crippen LogP contribution is 2.22. The molecule has 2 aromatic rings. The van der Waals surface area contributed by atoms with Crippen molar-refractivity contribution in [1.29, 1.82) is 0 Å². The van der Waals surface area contributed by atoms with Gasteiger partial charge in [0.15, 0.2) is 0 Å². The summed E-state index contributed by atoms with van der Waals surface area (Å²) in [5, 5.41) is 5.72. The maximum atomic E-state index is 12.8. The molecule has 1 heterocycles. The number of hydrogen-bond donors (Lipinski definition) is 2. The molecule has 0 aliphatic carbocycles. The average Bonchev–Trinajstić information content (AvgIpc) is 3.11. The van der Waals surface area contributed by atoms with Crippen LogP contribution >= 0.6 is 0 Å². The Kier molecular flexibility index (Phi) is 6.57. The second-order valence-electron chi connectivity index (χ2n) is 6.67. The van der Waals surface area contributed by atoms with Crippen molar-refractivity contribution in [3.05, 3.63) is 60.2 Å². The highest BCUT2D eigenvalue weighted by molar-refractivity contribution is 5.96. The zero-order valence-electron chi connectivity index (χ0n) is 15.5. The molecule has 0 bridgehead atoms. The second kappa shape index (κ2) is 9.30. The molecule has 2 N–H and O–H groups in total. The van der Waals surface area contributed by atoms with Crippen LogP contribution in [0.2, 0.25) is 0 Å². The molecule has 0 radical (unpaired) electrons. The number of carbonyl (C=O) groups excluding carboxylic acids is 2. The molecule has 27 heavy (non-hydrogen) atoms. The molecule has 6 nitrogen and oxygen atoms in total. The Balaban J connectivity index is 1.61. The molecule has 0 aromatic heterocycles. The van der Waals surface area contributed by atoms with E-state index in [0.717, 1.165) is 25.9 Å². The van der Waals surface area contributed by atoms with Gasteiger partial charge in [-0.1, -0.05) is 36.4 Å². The molecule has 1 atom stereocenters. The number of nitrogens with one attached hydrogen (secondary N) is 2. The third kappa shape index (κ3) is 5.39. The second-order valence-corrected chi connectivity index (χ2v) is 6.67. The number of carbonyl (C=O) groups is 2. The minimum atomic E-state index is -0.231. The lowest BCUT2D eigenvalue weighted by atomic mass is 10.1. The first-order valence-electron chi connectivity index (χ1n) is 9.13. The third-order valence-electron chi connectivity index (χ3n) is 4.58. The van der Waals surface area contributed by atoms with Crippen LogP contribution in [0.25, 0.3) is 0 Å². The molecule has 0 spiro atoms. The summed E-state index contributed by atoms with van der Waals surface area (Å²) in [6.45, 7) is 1.68. The first kappa shape index (κ1) is 19.1. The predicted octanol–water partition coefficient (Wildman–Crippen LogP) is 2.87. The van der Waals surface area contributed by atoms with Gasteiger partial charge in [0.25, 0.3) is 0 Å². The van der Waals surface area contributed by atoms with Gasteiger partial charge in [-0.05, 0) is 43.1 Å². The van der Waals surface area contributed by atoms with Crippen molar-refractivity contribution in [2.45, 2.75) is 25.4 Å². The number of rotatable bonds is 7. The summed E-state index contributed by atoms with van der Waals surface area (Å²) in [4.78, 5) is 26.6. The summed E-state index contributed by atoms with van der Waals surface area (Å²) >= 11 is 0. The van der Waals surface area contributed by atoms with Crippen molar-refractivity contribution in [3.8, 4) is 0 Å². The van der Waals surface area contributed by atoms with Gasteiger partial charge in [0.2, 0.25) is 11.8 Å². The predicted molar refractivity (Wildman–Crippen MR) is 105 cm³/mol. The number of ether oxygens (including phenoxy) is 1. The monoisotopic (exact) mass is 367 g/mol. The first-order chi connectivity index (χ1) is 13.2. The van der Waals surface area contributed by atoms with E-state index in [2.05, 4.69) is 27.7 Å². The standard InChI is InChI=1S/C21H25N3O3/c1-27-15-20(25)22-17-9-5-10-18(13-17)23-21(26)19-11-6-12-24(19)14-16-7-3-2-4-8-16/h2-5,7-10,13,19H,6,11-12,14-15H2,1H3,(H,22,25)(H,23,26). The molecule has 6 heteroatoms. The van der Waals surface area contributed by atoms with Crippen LogP contribution in [0.3, 0.4) is 0 Å². The molecule has 0 saturated carbocycles. The van der Waals surface area contributed by atoms with E-state index in [1.165, 1.54) is 12.7 Å². The van der Waals surface area contributed by atoms with Gasteiger partial charge in [-0.3, -0.25) is 14.5 Å². The van der Waals surface area contributed by atoms with Gasteiger partial charge in [0, 0.05) is 25.0 Å².